The van der Waals surface area contributed by atoms with Gasteiger partial charge in [-0.3, -0.25) is 0 Å². The Morgan fingerprint density at radius 2 is 1.76 bits per heavy atom. The zero-order chi connectivity index (χ0) is 21.4. The number of ether oxygens (including phenoxy) is 3. The van der Waals surface area contributed by atoms with Gasteiger partial charge in [-0.05, 0) is 66.6 Å². The van der Waals surface area contributed by atoms with Gasteiger partial charge in [0.05, 0.1) is 10.7 Å². The Morgan fingerprint density at radius 1 is 1.07 bits per heavy atom. The van der Waals surface area contributed by atoms with Crippen LogP contribution in [0.5, 0.6) is 5.75 Å². The molecule has 2 rings (SSSR count). The maximum atomic E-state index is 12.7. The van der Waals surface area contributed by atoms with Gasteiger partial charge in [0.2, 0.25) is 0 Å². The molecule has 0 fully saturated rings. The predicted molar refractivity (Wildman–Crippen MR) is 119 cm³/mol. The van der Waals surface area contributed by atoms with E-state index in [1.165, 1.54) is 0 Å². The molecule has 0 unspecified atom stereocenters. The first-order chi connectivity index (χ1) is 13.7. The van der Waals surface area contributed by atoms with E-state index in [4.69, 9.17) is 14.2 Å². The molecule has 0 aliphatic carbocycles. The van der Waals surface area contributed by atoms with E-state index >= 15 is 0 Å². The van der Waals surface area contributed by atoms with Crippen LogP contribution in [0.1, 0.15) is 31.9 Å². The molecule has 156 valence electrons. The van der Waals surface area contributed by atoms with Crippen LogP contribution in [0.3, 0.4) is 0 Å². The number of hydrogen-bond donors (Lipinski definition) is 1. The van der Waals surface area contributed by atoms with Crippen LogP contribution in [0.2, 0.25) is 0 Å². The summed E-state index contributed by atoms with van der Waals surface area (Å²) in [5, 5.41) is 2.64. The summed E-state index contributed by atoms with van der Waals surface area (Å²) in [6.45, 7) is 5.43. The molecule has 1 atom stereocenters. The lowest BCUT2D eigenvalue weighted by Crippen LogP contribution is -2.45. The van der Waals surface area contributed by atoms with Crippen molar-refractivity contribution in [3.8, 4) is 5.75 Å². The number of esters is 1. The number of rotatable bonds is 7. The molecule has 1 N–H and O–H groups in total. The molecule has 0 spiro atoms. The molecule has 7 heteroatoms. The summed E-state index contributed by atoms with van der Waals surface area (Å²) in [5.41, 5.74) is 1.07. The van der Waals surface area contributed by atoms with Gasteiger partial charge in [0, 0.05) is 6.42 Å². The molecule has 2 aromatic rings. The second-order valence-corrected chi connectivity index (χ2v) is 8.63. The van der Waals surface area contributed by atoms with E-state index < -0.39 is 23.7 Å². The molecular formula is C22H26INO5. The van der Waals surface area contributed by atoms with Crippen molar-refractivity contribution in [3.05, 3.63) is 63.2 Å². The van der Waals surface area contributed by atoms with Gasteiger partial charge in [0.25, 0.3) is 0 Å². The Kier molecular flexibility index (Phi) is 8.31. The molecule has 0 heterocycles. The smallest absolute Gasteiger partial charge is 0.408 e. The molecule has 0 bridgehead atoms. The minimum absolute atomic E-state index is 0.131. The largest absolute Gasteiger partial charge is 0.496 e. The summed E-state index contributed by atoms with van der Waals surface area (Å²) >= 11 is 2.16. The summed E-state index contributed by atoms with van der Waals surface area (Å²) in [7, 11) is 1.60. The number of halogens is 1. The molecule has 1 amide bonds. The maximum absolute atomic E-state index is 12.7. The molecule has 0 saturated heterocycles. The van der Waals surface area contributed by atoms with Crippen molar-refractivity contribution in [2.45, 2.75) is 45.4 Å². The SMILES string of the molecule is COc1ccc(C[C@H](NC(=O)OC(C)(C)C)C(=O)OCc2ccccc2)cc1I. The highest BCUT2D eigenvalue weighted by Gasteiger charge is 2.26. The summed E-state index contributed by atoms with van der Waals surface area (Å²) in [5.74, 6) is 0.225. The molecule has 0 aromatic heterocycles. The van der Waals surface area contributed by atoms with Gasteiger partial charge in [-0.1, -0.05) is 36.4 Å². The fourth-order valence-electron chi connectivity index (χ4n) is 2.54. The second-order valence-electron chi connectivity index (χ2n) is 7.47. The van der Waals surface area contributed by atoms with Crippen LogP contribution in [-0.4, -0.2) is 30.8 Å². The summed E-state index contributed by atoms with van der Waals surface area (Å²) in [4.78, 5) is 25.0. The maximum Gasteiger partial charge on any atom is 0.408 e. The van der Waals surface area contributed by atoms with Gasteiger partial charge in [0.15, 0.2) is 0 Å². The molecule has 6 nitrogen and oxygen atoms in total. The molecule has 0 aliphatic heterocycles. The van der Waals surface area contributed by atoms with Gasteiger partial charge in [-0.2, -0.15) is 0 Å². The van der Waals surface area contributed by atoms with E-state index in [2.05, 4.69) is 27.9 Å². The lowest BCUT2D eigenvalue weighted by Gasteiger charge is -2.23. The Morgan fingerprint density at radius 3 is 2.34 bits per heavy atom. The van der Waals surface area contributed by atoms with Crippen LogP contribution >= 0.6 is 22.6 Å². The van der Waals surface area contributed by atoms with Gasteiger partial charge in [-0.15, -0.1) is 0 Å². The fourth-order valence-corrected chi connectivity index (χ4v) is 3.34. The number of nitrogens with one attached hydrogen (secondary N) is 1. The molecule has 29 heavy (non-hydrogen) atoms. The molecule has 0 saturated carbocycles. The number of carbonyl (C=O) groups is 2. The summed E-state index contributed by atoms with van der Waals surface area (Å²) in [6, 6.07) is 14.1. The van der Waals surface area contributed by atoms with E-state index in [0.717, 1.165) is 20.4 Å². The third-order valence-electron chi connectivity index (χ3n) is 3.86. The van der Waals surface area contributed by atoms with Crippen molar-refractivity contribution in [3.63, 3.8) is 0 Å². The molecule has 0 aliphatic rings. The van der Waals surface area contributed by atoms with Crippen LogP contribution in [0, 0.1) is 3.57 Å². The number of alkyl carbamates (subject to hydrolysis) is 1. The highest BCUT2D eigenvalue weighted by molar-refractivity contribution is 14.1. The van der Waals surface area contributed by atoms with E-state index in [1.807, 2.05) is 48.5 Å². The van der Waals surface area contributed by atoms with E-state index in [1.54, 1.807) is 27.9 Å². The average molecular weight is 511 g/mol. The number of carbonyl (C=O) groups excluding carboxylic acids is 2. The third kappa shape index (κ3) is 7.92. The van der Waals surface area contributed by atoms with Crippen molar-refractivity contribution < 1.29 is 23.8 Å². The van der Waals surface area contributed by atoms with E-state index in [9.17, 15) is 9.59 Å². The first-order valence-corrected chi connectivity index (χ1v) is 10.3. The lowest BCUT2D eigenvalue weighted by atomic mass is 10.1. The van der Waals surface area contributed by atoms with Crippen molar-refractivity contribution in [1.29, 1.82) is 0 Å². The minimum Gasteiger partial charge on any atom is -0.496 e. The van der Waals surface area contributed by atoms with E-state index in [-0.39, 0.29) is 13.0 Å². The number of amides is 1. The average Bonchev–Trinajstić information content (AvgIpc) is 2.65. The van der Waals surface area contributed by atoms with Gasteiger partial charge in [0.1, 0.15) is 24.0 Å². The normalized spacial score (nSPS) is 12.0. The zero-order valence-electron chi connectivity index (χ0n) is 17.0. The zero-order valence-corrected chi connectivity index (χ0v) is 19.2. The van der Waals surface area contributed by atoms with Gasteiger partial charge < -0.3 is 19.5 Å². The summed E-state index contributed by atoms with van der Waals surface area (Å²) < 4.78 is 16.9. The Labute approximate surface area is 185 Å². The number of benzene rings is 2. The van der Waals surface area contributed by atoms with Crippen LogP contribution in [0.4, 0.5) is 4.79 Å². The Bertz CT molecular complexity index is 833. The van der Waals surface area contributed by atoms with Crippen LogP contribution in [0.25, 0.3) is 0 Å². The van der Waals surface area contributed by atoms with Gasteiger partial charge in [-0.25, -0.2) is 9.59 Å². The predicted octanol–water partition coefficient (Wildman–Crippen LogP) is 4.48. The minimum atomic E-state index is -0.877. The molecule has 2 aromatic carbocycles. The first-order valence-electron chi connectivity index (χ1n) is 9.20. The van der Waals surface area contributed by atoms with Crippen molar-refractivity contribution in [2.75, 3.05) is 7.11 Å². The number of methoxy groups -OCH3 is 1. The highest BCUT2D eigenvalue weighted by atomic mass is 127. The quantitative estimate of drug-likeness (QED) is 0.439. The first kappa shape index (κ1) is 23.0. The lowest BCUT2D eigenvalue weighted by molar-refractivity contribution is -0.147. The Balaban J connectivity index is 2.12. The summed E-state index contributed by atoms with van der Waals surface area (Å²) in [6.07, 6.45) is -0.394. The number of hydrogen-bond acceptors (Lipinski definition) is 5. The second kappa shape index (κ2) is 10.5. The highest BCUT2D eigenvalue weighted by Crippen LogP contribution is 2.22. The topological polar surface area (TPSA) is 73.9 Å². The van der Waals surface area contributed by atoms with Gasteiger partial charge >= 0.3 is 12.1 Å². The third-order valence-corrected chi connectivity index (χ3v) is 4.70. The van der Waals surface area contributed by atoms with Crippen LogP contribution in [-0.2, 0) is 27.3 Å². The fraction of sp³-hybridized carbons (Fsp3) is 0.364. The monoisotopic (exact) mass is 511 g/mol. The van der Waals surface area contributed by atoms with Crippen molar-refractivity contribution in [1.82, 2.24) is 5.32 Å². The van der Waals surface area contributed by atoms with Crippen LogP contribution < -0.4 is 10.1 Å². The molecule has 0 radical (unpaired) electrons. The van der Waals surface area contributed by atoms with Crippen molar-refractivity contribution >= 4 is 34.7 Å². The van der Waals surface area contributed by atoms with Crippen LogP contribution in [0.15, 0.2) is 48.5 Å². The standard InChI is InChI=1S/C22H26INO5/c1-22(2,3)29-21(26)24-18(13-16-10-11-19(27-4)17(23)12-16)20(25)28-14-15-8-6-5-7-9-15/h5-12,18H,13-14H2,1-4H3,(H,24,26)/t18-/m0/s1. The van der Waals surface area contributed by atoms with Crippen molar-refractivity contribution in [2.24, 2.45) is 0 Å². The van der Waals surface area contributed by atoms with E-state index in [0.29, 0.717) is 0 Å². The Hall–Kier alpha value is -2.29. The molecular weight excluding hydrogens is 485 g/mol.